The number of rotatable bonds is 4. The summed E-state index contributed by atoms with van der Waals surface area (Å²) in [6.45, 7) is 1.92. The van der Waals surface area contributed by atoms with Gasteiger partial charge >= 0.3 is 0 Å². The Kier molecular flexibility index (Phi) is 3.75. The van der Waals surface area contributed by atoms with E-state index in [0.29, 0.717) is 0 Å². The Bertz CT molecular complexity index is 420. The zero-order valence-corrected chi connectivity index (χ0v) is 11.1. The monoisotopic (exact) mass is 267 g/mol. The van der Waals surface area contributed by atoms with E-state index in [1.165, 1.54) is 24.7 Å². The fraction of sp³-hybridized carbons (Fsp3) is 0.571. The molecule has 1 fully saturated rings. The Morgan fingerprint density at radius 2 is 2.33 bits per heavy atom. The van der Waals surface area contributed by atoms with Gasteiger partial charge in [-0.1, -0.05) is 0 Å². The second-order valence-electron chi connectivity index (χ2n) is 4.99. The highest BCUT2D eigenvalue weighted by Gasteiger charge is 2.23. The molecule has 0 saturated carbocycles. The Labute approximate surface area is 111 Å². The molecule has 2 unspecified atom stereocenters. The highest BCUT2D eigenvalue weighted by Crippen LogP contribution is 2.29. The molecule has 0 radical (unpaired) electrons. The molecule has 1 N–H and O–H groups in total. The number of ether oxygens (including phenoxy) is 1. The largest absolute Gasteiger partial charge is 0.488 e. The van der Waals surface area contributed by atoms with Crippen molar-refractivity contribution in [2.24, 2.45) is 0 Å². The van der Waals surface area contributed by atoms with Crippen molar-refractivity contribution in [3.63, 3.8) is 0 Å². The molecule has 1 saturated heterocycles. The summed E-state index contributed by atoms with van der Waals surface area (Å²) in [5.74, 6) is 1.98. The Morgan fingerprint density at radius 3 is 3.17 bits per heavy atom. The molecule has 18 heavy (non-hydrogen) atoms. The standard InChI is InChI=1S/C14H18FNOS/c15-11-3-4-14-10(6-11)7-12(17-14)8-16-9-13-2-1-5-18-13/h3-4,6,12-13,16H,1-2,5,7-9H2. The summed E-state index contributed by atoms with van der Waals surface area (Å²) in [5.41, 5.74) is 0.997. The Hall–Kier alpha value is -0.740. The molecule has 2 atom stereocenters. The van der Waals surface area contributed by atoms with Gasteiger partial charge in [0.2, 0.25) is 0 Å². The normalized spacial score (nSPS) is 26.1. The molecule has 0 aliphatic carbocycles. The molecule has 0 aromatic heterocycles. The number of nitrogens with one attached hydrogen (secondary N) is 1. The van der Waals surface area contributed by atoms with Crippen LogP contribution in [0, 0.1) is 5.82 Å². The zero-order valence-electron chi connectivity index (χ0n) is 10.3. The van der Waals surface area contributed by atoms with E-state index < -0.39 is 0 Å². The fourth-order valence-electron chi connectivity index (χ4n) is 2.61. The van der Waals surface area contributed by atoms with Gasteiger partial charge in [0.05, 0.1) is 0 Å². The van der Waals surface area contributed by atoms with Crippen molar-refractivity contribution in [1.29, 1.82) is 0 Å². The van der Waals surface area contributed by atoms with Gasteiger partial charge in [-0.15, -0.1) is 0 Å². The van der Waals surface area contributed by atoms with Crippen molar-refractivity contribution >= 4 is 11.8 Å². The maximum Gasteiger partial charge on any atom is 0.123 e. The summed E-state index contributed by atoms with van der Waals surface area (Å²) in [7, 11) is 0. The summed E-state index contributed by atoms with van der Waals surface area (Å²) in [5, 5.41) is 4.25. The second kappa shape index (κ2) is 5.49. The third kappa shape index (κ3) is 2.81. The topological polar surface area (TPSA) is 21.3 Å². The molecule has 98 valence electrons. The molecule has 2 nitrogen and oxygen atoms in total. The van der Waals surface area contributed by atoms with Crippen LogP contribution in [0.2, 0.25) is 0 Å². The van der Waals surface area contributed by atoms with Gasteiger partial charge in [-0.2, -0.15) is 11.8 Å². The second-order valence-corrected chi connectivity index (χ2v) is 6.40. The minimum absolute atomic E-state index is 0.160. The molecule has 4 heteroatoms. The number of halogens is 1. The highest BCUT2D eigenvalue weighted by atomic mass is 32.2. The molecule has 1 aromatic carbocycles. The minimum atomic E-state index is -0.173. The lowest BCUT2D eigenvalue weighted by Crippen LogP contribution is -2.33. The summed E-state index contributed by atoms with van der Waals surface area (Å²) in [6, 6.07) is 4.78. The maximum absolute atomic E-state index is 13.1. The van der Waals surface area contributed by atoms with Crippen molar-refractivity contribution in [1.82, 2.24) is 5.32 Å². The van der Waals surface area contributed by atoms with Gasteiger partial charge in [0.25, 0.3) is 0 Å². The van der Waals surface area contributed by atoms with Crippen LogP contribution in [-0.4, -0.2) is 30.2 Å². The van der Waals surface area contributed by atoms with Gasteiger partial charge in [-0.05, 0) is 36.8 Å². The van der Waals surface area contributed by atoms with E-state index in [4.69, 9.17) is 4.74 Å². The van der Waals surface area contributed by atoms with Gasteiger partial charge in [-0.3, -0.25) is 0 Å². The molecule has 0 spiro atoms. The SMILES string of the molecule is Fc1ccc2c(c1)CC(CNCC1CCCS1)O2. The molecule has 3 rings (SSSR count). The first-order valence-corrected chi connectivity index (χ1v) is 7.63. The third-order valence-corrected chi connectivity index (χ3v) is 4.93. The van der Waals surface area contributed by atoms with Crippen LogP contribution in [0.1, 0.15) is 18.4 Å². The van der Waals surface area contributed by atoms with E-state index in [9.17, 15) is 4.39 Å². The van der Waals surface area contributed by atoms with Crippen LogP contribution in [0.4, 0.5) is 4.39 Å². The molecule has 0 bridgehead atoms. The molecular formula is C14H18FNOS. The molecule has 2 aliphatic heterocycles. The lowest BCUT2D eigenvalue weighted by atomic mass is 10.1. The molecule has 2 aliphatic rings. The van der Waals surface area contributed by atoms with Crippen molar-refractivity contribution in [2.45, 2.75) is 30.6 Å². The predicted octanol–water partition coefficient (Wildman–Crippen LogP) is 2.61. The first-order valence-electron chi connectivity index (χ1n) is 6.58. The number of fused-ring (bicyclic) bond motifs is 1. The van der Waals surface area contributed by atoms with Crippen LogP contribution < -0.4 is 10.1 Å². The van der Waals surface area contributed by atoms with E-state index in [-0.39, 0.29) is 11.9 Å². The lowest BCUT2D eigenvalue weighted by Gasteiger charge is -2.14. The molecule has 0 amide bonds. The van der Waals surface area contributed by atoms with Crippen LogP contribution >= 0.6 is 11.8 Å². The summed E-state index contributed by atoms with van der Waals surface area (Å²) < 4.78 is 18.9. The van der Waals surface area contributed by atoms with Gasteiger partial charge in [0.15, 0.2) is 0 Å². The summed E-state index contributed by atoms with van der Waals surface area (Å²) in [6.07, 6.45) is 3.65. The van der Waals surface area contributed by atoms with Gasteiger partial charge in [0, 0.05) is 30.3 Å². The van der Waals surface area contributed by atoms with E-state index >= 15 is 0 Å². The number of hydrogen-bond acceptors (Lipinski definition) is 3. The van der Waals surface area contributed by atoms with Gasteiger partial charge < -0.3 is 10.1 Å². The first-order chi connectivity index (χ1) is 8.81. The minimum Gasteiger partial charge on any atom is -0.488 e. The van der Waals surface area contributed by atoms with Crippen molar-refractivity contribution in [2.75, 3.05) is 18.8 Å². The van der Waals surface area contributed by atoms with Crippen LogP contribution in [-0.2, 0) is 6.42 Å². The molecule has 1 aromatic rings. The van der Waals surface area contributed by atoms with E-state index in [2.05, 4.69) is 17.1 Å². The highest BCUT2D eigenvalue weighted by molar-refractivity contribution is 8.00. The van der Waals surface area contributed by atoms with Crippen LogP contribution in [0.3, 0.4) is 0 Å². The number of thioether (sulfide) groups is 1. The van der Waals surface area contributed by atoms with E-state index in [0.717, 1.165) is 36.1 Å². The fourth-order valence-corrected chi connectivity index (χ4v) is 3.85. The average molecular weight is 267 g/mol. The van der Waals surface area contributed by atoms with Gasteiger partial charge in [-0.25, -0.2) is 4.39 Å². The number of benzene rings is 1. The van der Waals surface area contributed by atoms with Crippen LogP contribution in [0.5, 0.6) is 5.75 Å². The Morgan fingerprint density at radius 1 is 1.39 bits per heavy atom. The van der Waals surface area contributed by atoms with Crippen molar-refractivity contribution < 1.29 is 9.13 Å². The van der Waals surface area contributed by atoms with Gasteiger partial charge in [0.1, 0.15) is 17.7 Å². The number of hydrogen-bond donors (Lipinski definition) is 1. The Balaban J connectivity index is 1.46. The van der Waals surface area contributed by atoms with E-state index in [1.54, 1.807) is 12.1 Å². The quantitative estimate of drug-likeness (QED) is 0.906. The van der Waals surface area contributed by atoms with Crippen molar-refractivity contribution in [3.8, 4) is 5.75 Å². The average Bonchev–Trinajstić information content (AvgIpc) is 2.97. The van der Waals surface area contributed by atoms with Crippen LogP contribution in [0.25, 0.3) is 0 Å². The first kappa shape index (κ1) is 12.3. The molecule has 2 heterocycles. The predicted molar refractivity (Wildman–Crippen MR) is 72.9 cm³/mol. The lowest BCUT2D eigenvalue weighted by molar-refractivity contribution is 0.228. The zero-order chi connectivity index (χ0) is 12.4. The summed E-state index contributed by atoms with van der Waals surface area (Å²) in [4.78, 5) is 0. The maximum atomic E-state index is 13.1. The summed E-state index contributed by atoms with van der Waals surface area (Å²) >= 11 is 2.06. The smallest absolute Gasteiger partial charge is 0.123 e. The van der Waals surface area contributed by atoms with Crippen LogP contribution in [0.15, 0.2) is 18.2 Å². The van der Waals surface area contributed by atoms with Crippen molar-refractivity contribution in [3.05, 3.63) is 29.6 Å². The van der Waals surface area contributed by atoms with E-state index in [1.807, 2.05) is 0 Å². The molecular weight excluding hydrogens is 249 g/mol. The third-order valence-electron chi connectivity index (χ3n) is 3.53.